The van der Waals surface area contributed by atoms with Crippen molar-refractivity contribution >= 4 is 24.7 Å². The molecule has 0 spiro atoms. The molecule has 0 aromatic carbocycles. The molecule has 0 saturated carbocycles. The van der Waals surface area contributed by atoms with Crippen LogP contribution in [-0.2, 0) is 25.4 Å². The Hall–Kier alpha value is -1.86. The largest absolute Gasteiger partial charge is 0.393 e. The van der Waals surface area contributed by atoms with Gasteiger partial charge in [-0.3, -0.25) is 27.5 Å². The Morgan fingerprint density at radius 2 is 2.06 bits per heavy atom. The van der Waals surface area contributed by atoms with E-state index in [1.165, 1.54) is 17.9 Å². The number of anilines is 1. The van der Waals surface area contributed by atoms with Gasteiger partial charge in [0.15, 0.2) is 17.4 Å². The lowest BCUT2D eigenvalue weighted by molar-refractivity contribution is -0.0631. The highest BCUT2D eigenvalue weighted by Crippen LogP contribution is 2.80. The fourth-order valence-corrected chi connectivity index (χ4v) is 5.88. The third-order valence-electron chi connectivity index (χ3n) is 6.29. The highest BCUT2D eigenvalue weighted by atomic mass is 31.2. The number of nitrogens with zero attached hydrogens (tertiary/aromatic N) is 4. The van der Waals surface area contributed by atoms with Gasteiger partial charge in [-0.15, -0.1) is 0 Å². The quantitative estimate of drug-likeness (QED) is 0.317. The van der Waals surface area contributed by atoms with Crippen LogP contribution in [0.1, 0.15) is 46.3 Å². The monoisotopic (exact) mass is 473 g/mol. The van der Waals surface area contributed by atoms with Crippen LogP contribution in [0.25, 0.3) is 11.2 Å². The third kappa shape index (κ3) is 3.48. The maximum absolute atomic E-state index is 12.7. The van der Waals surface area contributed by atoms with Gasteiger partial charge in [-0.25, -0.2) is 4.98 Å². The van der Waals surface area contributed by atoms with E-state index < -0.39 is 48.8 Å². The number of aromatic nitrogens is 4. The molecule has 2 fully saturated rings. The molecular formula is C18H28N5O8P. The highest BCUT2D eigenvalue weighted by Gasteiger charge is 2.70. The van der Waals surface area contributed by atoms with Crippen molar-refractivity contribution in [2.24, 2.45) is 7.05 Å². The van der Waals surface area contributed by atoms with Crippen LogP contribution in [0.5, 0.6) is 0 Å². The summed E-state index contributed by atoms with van der Waals surface area (Å²) in [6, 6.07) is 0. The van der Waals surface area contributed by atoms with Crippen molar-refractivity contribution in [3.8, 4) is 0 Å². The topological polar surface area (TPSA) is 187 Å². The van der Waals surface area contributed by atoms with Crippen LogP contribution in [0.4, 0.5) is 5.95 Å². The van der Waals surface area contributed by atoms with Crippen molar-refractivity contribution in [3.63, 3.8) is 0 Å². The molecule has 0 bridgehead atoms. The minimum atomic E-state index is -3.70. The van der Waals surface area contributed by atoms with E-state index in [-0.39, 0.29) is 30.0 Å². The van der Waals surface area contributed by atoms with Crippen LogP contribution in [0.15, 0.2) is 11.1 Å². The summed E-state index contributed by atoms with van der Waals surface area (Å²) in [5, 5.41) is 31.4. The summed E-state index contributed by atoms with van der Waals surface area (Å²) in [5.41, 5.74) is 2.60. The SMILES string of the molecule is CCC(C)(CC1OC(n2cnc3c(=O)n(C)c(N)nc32)C(O)C1O)OP1(=O)OC1(O)CC. The third-order valence-corrected chi connectivity index (χ3v) is 8.62. The molecule has 178 valence electrons. The summed E-state index contributed by atoms with van der Waals surface area (Å²) in [6.07, 6.45) is -2.88. The van der Waals surface area contributed by atoms with Crippen molar-refractivity contribution in [1.29, 1.82) is 0 Å². The molecule has 0 amide bonds. The average Bonchev–Trinajstić information content (AvgIpc) is 3.00. The van der Waals surface area contributed by atoms with E-state index in [1.807, 2.05) is 0 Å². The average molecular weight is 473 g/mol. The van der Waals surface area contributed by atoms with Crippen LogP contribution in [-0.4, -0.2) is 63.9 Å². The number of hydrogen-bond donors (Lipinski definition) is 4. The molecule has 0 aliphatic carbocycles. The Labute approximate surface area is 183 Å². The molecule has 2 saturated heterocycles. The van der Waals surface area contributed by atoms with E-state index >= 15 is 0 Å². The molecule has 13 nitrogen and oxygen atoms in total. The minimum Gasteiger partial charge on any atom is -0.388 e. The lowest BCUT2D eigenvalue weighted by Gasteiger charge is -2.31. The fraction of sp³-hybridized carbons (Fsp3) is 0.722. The Morgan fingerprint density at radius 3 is 2.66 bits per heavy atom. The summed E-state index contributed by atoms with van der Waals surface area (Å²) in [4.78, 5) is 20.6. The number of nitrogen functional groups attached to an aromatic ring is 1. The molecule has 2 aromatic rings. The first-order chi connectivity index (χ1) is 14.9. The smallest absolute Gasteiger partial charge is 0.388 e. The Balaban J connectivity index is 1.58. The second-order valence-electron chi connectivity index (χ2n) is 8.49. The molecule has 2 aliphatic rings. The normalized spacial score (nSPS) is 36.5. The van der Waals surface area contributed by atoms with Crippen LogP contribution < -0.4 is 11.3 Å². The maximum Gasteiger partial charge on any atom is 0.393 e. The van der Waals surface area contributed by atoms with E-state index in [1.54, 1.807) is 20.8 Å². The molecule has 2 aromatic heterocycles. The number of hydrogen-bond acceptors (Lipinski definition) is 11. The zero-order valence-electron chi connectivity index (χ0n) is 18.2. The highest BCUT2D eigenvalue weighted by molar-refractivity contribution is 7.61. The Kier molecular flexibility index (Phi) is 5.53. The number of aliphatic hydroxyl groups excluding tert-OH is 2. The molecule has 7 atom stereocenters. The molecule has 7 unspecified atom stereocenters. The number of nitrogens with two attached hydrogens (primary N) is 1. The van der Waals surface area contributed by atoms with E-state index in [4.69, 9.17) is 19.5 Å². The van der Waals surface area contributed by atoms with Gasteiger partial charge in [-0.05, 0) is 13.3 Å². The molecular weight excluding hydrogens is 445 g/mol. The van der Waals surface area contributed by atoms with E-state index in [0.29, 0.717) is 6.42 Å². The van der Waals surface area contributed by atoms with Gasteiger partial charge >= 0.3 is 7.60 Å². The zero-order valence-corrected chi connectivity index (χ0v) is 19.1. The van der Waals surface area contributed by atoms with Gasteiger partial charge in [-0.1, -0.05) is 13.8 Å². The van der Waals surface area contributed by atoms with Gasteiger partial charge in [0.05, 0.1) is 18.0 Å². The van der Waals surface area contributed by atoms with Gasteiger partial charge in [0.1, 0.15) is 12.2 Å². The summed E-state index contributed by atoms with van der Waals surface area (Å²) in [5.74, 6) is -0.0432. The lowest BCUT2D eigenvalue weighted by Crippen LogP contribution is -2.38. The van der Waals surface area contributed by atoms with Crippen LogP contribution >= 0.6 is 7.60 Å². The van der Waals surface area contributed by atoms with E-state index in [2.05, 4.69) is 9.97 Å². The first-order valence-electron chi connectivity index (χ1n) is 10.3. The Bertz CT molecular complexity index is 1150. The number of imidazole rings is 1. The van der Waals surface area contributed by atoms with Gasteiger partial charge in [0.25, 0.3) is 11.1 Å². The van der Waals surface area contributed by atoms with Gasteiger partial charge in [-0.2, -0.15) is 4.98 Å². The van der Waals surface area contributed by atoms with E-state index in [0.717, 1.165) is 4.57 Å². The van der Waals surface area contributed by atoms with Crippen molar-refractivity contribution in [2.75, 3.05) is 5.73 Å². The summed E-state index contributed by atoms with van der Waals surface area (Å²) in [6.45, 7) is 5.08. The Morgan fingerprint density at radius 1 is 1.38 bits per heavy atom. The first-order valence-corrected chi connectivity index (χ1v) is 11.9. The minimum absolute atomic E-state index is 0.0417. The standard InChI is InChI=1S/C18H28N5O8P/c1-5-17(3,30-32(28)18(27,6-2)31-32)7-9-11(24)12(25)15(29-9)23-8-20-10-13(23)21-16(19)22(4)14(10)26/h8-9,11-12,15,24-25,27H,5-7H2,1-4H3,(H2,19,21). The second kappa shape index (κ2) is 7.59. The van der Waals surface area contributed by atoms with Gasteiger partial charge in [0.2, 0.25) is 5.95 Å². The molecule has 5 N–H and O–H groups in total. The molecule has 4 rings (SSSR count). The van der Waals surface area contributed by atoms with Crippen LogP contribution in [0.2, 0.25) is 0 Å². The fourth-order valence-electron chi connectivity index (χ4n) is 3.86. The molecule has 0 radical (unpaired) electrons. The van der Waals surface area contributed by atoms with Crippen molar-refractivity contribution in [3.05, 3.63) is 16.7 Å². The predicted octanol–water partition coefficient (Wildman–Crippen LogP) is 0.186. The lowest BCUT2D eigenvalue weighted by atomic mass is 9.93. The molecule has 2 aliphatic heterocycles. The summed E-state index contributed by atoms with van der Waals surface area (Å²) < 4.78 is 31.8. The first kappa shape index (κ1) is 23.3. The molecule has 14 heteroatoms. The second-order valence-corrected chi connectivity index (χ2v) is 10.5. The summed E-state index contributed by atoms with van der Waals surface area (Å²) >= 11 is 0. The van der Waals surface area contributed by atoms with Crippen molar-refractivity contribution in [2.45, 2.75) is 75.7 Å². The van der Waals surface area contributed by atoms with Crippen molar-refractivity contribution in [1.82, 2.24) is 19.1 Å². The number of fused-ring (bicyclic) bond motifs is 1. The van der Waals surface area contributed by atoms with Crippen molar-refractivity contribution < 1.29 is 33.7 Å². The summed E-state index contributed by atoms with van der Waals surface area (Å²) in [7, 11) is -2.24. The number of rotatable bonds is 7. The van der Waals surface area contributed by atoms with Crippen LogP contribution in [0, 0.1) is 0 Å². The van der Waals surface area contributed by atoms with Crippen LogP contribution in [0.3, 0.4) is 0 Å². The number of aliphatic hydroxyl groups is 3. The van der Waals surface area contributed by atoms with Gasteiger partial charge < -0.3 is 25.8 Å². The molecule has 32 heavy (non-hydrogen) atoms. The maximum atomic E-state index is 12.7. The van der Waals surface area contributed by atoms with E-state index in [9.17, 15) is 24.7 Å². The van der Waals surface area contributed by atoms with Gasteiger partial charge in [0, 0.05) is 19.9 Å². The zero-order chi connectivity index (χ0) is 23.6. The predicted molar refractivity (Wildman–Crippen MR) is 111 cm³/mol. The number of ether oxygens (including phenoxy) is 1. The molecule has 4 heterocycles.